The van der Waals surface area contributed by atoms with E-state index in [2.05, 4.69) is 10.6 Å². The summed E-state index contributed by atoms with van der Waals surface area (Å²) in [5.41, 5.74) is 0. The highest BCUT2D eigenvalue weighted by atomic mass is 16.6. The molecule has 130 valence electrons. The van der Waals surface area contributed by atoms with Crippen LogP contribution in [0.25, 0.3) is 0 Å². The van der Waals surface area contributed by atoms with Crippen molar-refractivity contribution in [3.8, 4) is 11.5 Å². The molecule has 2 rings (SSSR count). The van der Waals surface area contributed by atoms with Crippen LogP contribution >= 0.6 is 0 Å². The van der Waals surface area contributed by atoms with Crippen LogP contribution in [0.2, 0.25) is 0 Å². The van der Waals surface area contributed by atoms with Gasteiger partial charge in [0.1, 0.15) is 6.61 Å². The summed E-state index contributed by atoms with van der Waals surface area (Å²) in [5, 5.41) is 4.65. The summed E-state index contributed by atoms with van der Waals surface area (Å²) in [6, 6.07) is 6.24. The number of esters is 1. The number of hydrogen-bond acceptors (Lipinski definition) is 6. The van der Waals surface area contributed by atoms with Gasteiger partial charge in [0.15, 0.2) is 18.1 Å². The lowest BCUT2D eigenvalue weighted by atomic mass is 10.2. The van der Waals surface area contributed by atoms with E-state index in [9.17, 15) is 14.4 Å². The average Bonchev–Trinajstić information content (AvgIpc) is 2.58. The first-order valence-corrected chi connectivity index (χ1v) is 7.65. The summed E-state index contributed by atoms with van der Waals surface area (Å²) < 4.78 is 15.7. The number of benzene rings is 1. The number of amides is 3. The molecule has 0 radical (unpaired) electrons. The SMILES string of the molecule is CC[C@@H](C)NC(=O)NC(=O)COC(=O)[C@H]1COc2ccccc2O1. The molecule has 24 heavy (non-hydrogen) atoms. The predicted molar refractivity (Wildman–Crippen MR) is 83.7 cm³/mol. The number of carbonyl (C=O) groups excluding carboxylic acids is 3. The molecule has 1 aromatic carbocycles. The van der Waals surface area contributed by atoms with Crippen LogP contribution in [0, 0.1) is 0 Å². The van der Waals surface area contributed by atoms with Crippen LogP contribution in [0.15, 0.2) is 24.3 Å². The van der Waals surface area contributed by atoms with E-state index in [1.807, 2.05) is 13.8 Å². The molecule has 1 aliphatic heterocycles. The Morgan fingerprint density at radius 2 is 2.00 bits per heavy atom. The maximum absolute atomic E-state index is 11.9. The fourth-order valence-corrected chi connectivity index (χ4v) is 1.89. The number of rotatable bonds is 5. The first-order valence-electron chi connectivity index (χ1n) is 7.65. The molecule has 8 heteroatoms. The second kappa shape index (κ2) is 8.19. The Labute approximate surface area is 139 Å². The van der Waals surface area contributed by atoms with Gasteiger partial charge in [-0.05, 0) is 25.5 Å². The number of nitrogens with one attached hydrogen (secondary N) is 2. The third kappa shape index (κ3) is 4.87. The number of fused-ring (bicyclic) bond motifs is 1. The van der Waals surface area contributed by atoms with Gasteiger partial charge >= 0.3 is 12.0 Å². The van der Waals surface area contributed by atoms with E-state index < -0.39 is 30.6 Å². The minimum absolute atomic E-state index is 0.00797. The molecule has 0 bridgehead atoms. The molecule has 1 aliphatic rings. The van der Waals surface area contributed by atoms with E-state index in [4.69, 9.17) is 14.2 Å². The van der Waals surface area contributed by atoms with Crippen molar-refractivity contribution in [1.82, 2.24) is 10.6 Å². The Morgan fingerprint density at radius 1 is 1.29 bits per heavy atom. The van der Waals surface area contributed by atoms with Gasteiger partial charge in [-0.15, -0.1) is 0 Å². The fourth-order valence-electron chi connectivity index (χ4n) is 1.89. The quantitative estimate of drug-likeness (QED) is 0.778. The molecule has 0 aliphatic carbocycles. The van der Waals surface area contributed by atoms with Gasteiger partial charge in [0, 0.05) is 6.04 Å². The molecule has 1 heterocycles. The zero-order valence-electron chi connectivity index (χ0n) is 13.5. The zero-order chi connectivity index (χ0) is 17.5. The lowest BCUT2D eigenvalue weighted by Crippen LogP contribution is -2.45. The first-order chi connectivity index (χ1) is 11.5. The number of urea groups is 1. The molecule has 1 aromatic rings. The van der Waals surface area contributed by atoms with Crippen LogP contribution < -0.4 is 20.1 Å². The highest BCUT2D eigenvalue weighted by Gasteiger charge is 2.29. The monoisotopic (exact) mass is 336 g/mol. The topological polar surface area (TPSA) is 103 Å². The van der Waals surface area contributed by atoms with E-state index in [1.54, 1.807) is 24.3 Å². The van der Waals surface area contributed by atoms with Gasteiger partial charge in [-0.1, -0.05) is 19.1 Å². The summed E-state index contributed by atoms with van der Waals surface area (Å²) in [6.45, 7) is 3.13. The van der Waals surface area contributed by atoms with Crippen LogP contribution in [0.5, 0.6) is 11.5 Å². The number of para-hydroxylation sites is 2. The van der Waals surface area contributed by atoms with Crippen molar-refractivity contribution in [2.24, 2.45) is 0 Å². The van der Waals surface area contributed by atoms with Crippen LogP contribution in [0.1, 0.15) is 20.3 Å². The van der Waals surface area contributed by atoms with Crippen molar-refractivity contribution >= 4 is 17.9 Å². The molecule has 0 unspecified atom stereocenters. The maximum Gasteiger partial charge on any atom is 0.351 e. The van der Waals surface area contributed by atoms with E-state index in [1.165, 1.54) is 0 Å². The molecule has 3 amide bonds. The molecule has 0 aromatic heterocycles. The summed E-state index contributed by atoms with van der Waals surface area (Å²) in [6.07, 6.45) is -0.224. The molecule has 2 atom stereocenters. The Balaban J connectivity index is 1.75. The number of ether oxygens (including phenoxy) is 3. The Hall–Kier alpha value is -2.77. The summed E-state index contributed by atoms with van der Waals surface area (Å²) in [7, 11) is 0. The Morgan fingerprint density at radius 3 is 2.71 bits per heavy atom. The van der Waals surface area contributed by atoms with Gasteiger partial charge in [0.05, 0.1) is 0 Å². The van der Waals surface area contributed by atoms with E-state index in [-0.39, 0.29) is 12.6 Å². The lowest BCUT2D eigenvalue weighted by Gasteiger charge is -2.24. The Bertz CT molecular complexity index is 618. The van der Waals surface area contributed by atoms with E-state index in [0.717, 1.165) is 6.42 Å². The minimum Gasteiger partial charge on any atom is -0.485 e. The molecule has 8 nitrogen and oxygen atoms in total. The van der Waals surface area contributed by atoms with Crippen LogP contribution in [-0.4, -0.2) is 43.3 Å². The van der Waals surface area contributed by atoms with Gasteiger partial charge in [0.2, 0.25) is 6.10 Å². The van der Waals surface area contributed by atoms with Crippen molar-refractivity contribution in [2.75, 3.05) is 13.2 Å². The molecular formula is C16H20N2O6. The summed E-state index contributed by atoms with van der Waals surface area (Å²) in [5.74, 6) is -0.479. The van der Waals surface area contributed by atoms with Crippen molar-refractivity contribution in [1.29, 1.82) is 0 Å². The first kappa shape index (κ1) is 17.6. The molecule has 2 N–H and O–H groups in total. The van der Waals surface area contributed by atoms with Gasteiger partial charge in [-0.25, -0.2) is 9.59 Å². The van der Waals surface area contributed by atoms with Crippen molar-refractivity contribution in [2.45, 2.75) is 32.4 Å². The molecule has 0 saturated heterocycles. The van der Waals surface area contributed by atoms with Crippen molar-refractivity contribution in [3.05, 3.63) is 24.3 Å². The van der Waals surface area contributed by atoms with Gasteiger partial charge in [-0.3, -0.25) is 10.1 Å². The molecule has 0 saturated carbocycles. The smallest absolute Gasteiger partial charge is 0.351 e. The van der Waals surface area contributed by atoms with Crippen molar-refractivity contribution in [3.63, 3.8) is 0 Å². The second-order valence-corrected chi connectivity index (χ2v) is 5.30. The Kier molecular flexibility index (Phi) is 6.00. The van der Waals surface area contributed by atoms with E-state index >= 15 is 0 Å². The van der Waals surface area contributed by atoms with Crippen LogP contribution in [0.3, 0.4) is 0 Å². The normalized spacial score (nSPS) is 16.7. The predicted octanol–water partition coefficient (Wildman–Crippen LogP) is 0.994. The zero-order valence-corrected chi connectivity index (χ0v) is 13.5. The van der Waals surface area contributed by atoms with Crippen molar-refractivity contribution < 1.29 is 28.6 Å². The number of imide groups is 1. The van der Waals surface area contributed by atoms with Gasteiger partial charge in [0.25, 0.3) is 5.91 Å². The summed E-state index contributed by atoms with van der Waals surface area (Å²) >= 11 is 0. The van der Waals surface area contributed by atoms with Gasteiger partial charge in [-0.2, -0.15) is 0 Å². The third-order valence-electron chi connectivity index (χ3n) is 3.36. The highest BCUT2D eigenvalue weighted by Crippen LogP contribution is 2.31. The molecule has 0 fully saturated rings. The largest absolute Gasteiger partial charge is 0.485 e. The second-order valence-electron chi connectivity index (χ2n) is 5.30. The maximum atomic E-state index is 11.9. The third-order valence-corrected chi connectivity index (χ3v) is 3.36. The van der Waals surface area contributed by atoms with Crippen LogP contribution in [0.4, 0.5) is 4.79 Å². The molecular weight excluding hydrogens is 316 g/mol. The standard InChI is InChI=1S/C16H20N2O6/c1-3-10(2)17-16(21)18-14(19)9-23-15(20)13-8-22-11-6-4-5-7-12(11)24-13/h4-7,10,13H,3,8-9H2,1-2H3,(H2,17,18,19,21)/t10-,13-/m1/s1. The van der Waals surface area contributed by atoms with Gasteiger partial charge < -0.3 is 19.5 Å². The lowest BCUT2D eigenvalue weighted by molar-refractivity contribution is -0.157. The summed E-state index contributed by atoms with van der Waals surface area (Å²) in [4.78, 5) is 35.0. The number of carbonyl (C=O) groups is 3. The number of hydrogen-bond donors (Lipinski definition) is 2. The minimum atomic E-state index is -0.957. The molecule has 0 spiro atoms. The average molecular weight is 336 g/mol. The van der Waals surface area contributed by atoms with Crippen LogP contribution in [-0.2, 0) is 14.3 Å². The van der Waals surface area contributed by atoms with E-state index in [0.29, 0.717) is 11.5 Å². The fraction of sp³-hybridized carbons (Fsp3) is 0.438. The highest BCUT2D eigenvalue weighted by molar-refractivity contribution is 5.95.